The lowest BCUT2D eigenvalue weighted by Crippen LogP contribution is -2.49. The summed E-state index contributed by atoms with van der Waals surface area (Å²) in [6.45, 7) is 2.03. The van der Waals surface area contributed by atoms with Gasteiger partial charge < -0.3 is 19.4 Å². The highest BCUT2D eigenvalue weighted by molar-refractivity contribution is 5.80. The number of amides is 1. The van der Waals surface area contributed by atoms with Crippen molar-refractivity contribution in [3.8, 4) is 6.07 Å². The second-order valence-corrected chi connectivity index (χ2v) is 10.7. The Kier molecular flexibility index (Phi) is 5.64. The van der Waals surface area contributed by atoms with Gasteiger partial charge in [-0.25, -0.2) is 10.1 Å². The van der Waals surface area contributed by atoms with E-state index in [1.807, 2.05) is 16.1 Å². The molecule has 10 nitrogen and oxygen atoms in total. The number of carbonyl (C=O) groups excluding carboxylic acids is 1. The molecule has 0 spiro atoms. The molecule has 0 radical (unpaired) electrons. The number of pyridine rings is 1. The van der Waals surface area contributed by atoms with Crippen LogP contribution in [-0.2, 0) is 15.7 Å². The molecule has 1 N–H and O–H groups in total. The van der Waals surface area contributed by atoms with Crippen LogP contribution < -0.4 is 15.4 Å². The number of ether oxygens (including phenoxy) is 1. The molecule has 200 valence electrons. The van der Waals surface area contributed by atoms with Crippen molar-refractivity contribution in [3.05, 3.63) is 46.0 Å². The third-order valence-corrected chi connectivity index (χ3v) is 8.40. The van der Waals surface area contributed by atoms with Crippen LogP contribution in [0.5, 0.6) is 0 Å². The number of alkyl halides is 3. The van der Waals surface area contributed by atoms with E-state index in [0.717, 1.165) is 24.9 Å². The molecule has 1 aliphatic carbocycles. The Hall–Kier alpha value is -3.66. The number of halogens is 3. The van der Waals surface area contributed by atoms with E-state index in [9.17, 15) is 22.8 Å². The van der Waals surface area contributed by atoms with E-state index in [-0.39, 0.29) is 48.3 Å². The molecule has 6 aliphatic rings. The number of nitrogens with zero attached hydrogens (tertiary/aromatic N) is 6. The number of H-pyrrole nitrogens is 1. The van der Waals surface area contributed by atoms with E-state index < -0.39 is 17.3 Å². The molecular formula is C25H26F3N7O3. The average molecular weight is 530 g/mol. The van der Waals surface area contributed by atoms with Gasteiger partial charge in [-0.3, -0.25) is 9.59 Å². The second kappa shape index (κ2) is 8.69. The number of piperazine rings is 1. The molecular weight excluding hydrogens is 503 g/mol. The number of rotatable bonds is 7. The third-order valence-electron chi connectivity index (χ3n) is 8.40. The van der Waals surface area contributed by atoms with Crippen molar-refractivity contribution >= 4 is 17.4 Å². The summed E-state index contributed by atoms with van der Waals surface area (Å²) in [5.41, 5.74) is -2.56. The van der Waals surface area contributed by atoms with Crippen molar-refractivity contribution in [1.29, 1.82) is 5.26 Å². The Morgan fingerprint density at radius 3 is 2.71 bits per heavy atom. The molecule has 38 heavy (non-hydrogen) atoms. The number of nitrogens with one attached hydrogen (secondary N) is 1. The third kappa shape index (κ3) is 3.81. The Labute approximate surface area is 216 Å². The van der Waals surface area contributed by atoms with Crippen LogP contribution in [0, 0.1) is 11.3 Å². The maximum atomic E-state index is 13.5. The van der Waals surface area contributed by atoms with E-state index in [1.54, 1.807) is 12.3 Å². The Balaban J connectivity index is 1.03. The van der Waals surface area contributed by atoms with Crippen molar-refractivity contribution in [3.63, 3.8) is 0 Å². The zero-order valence-corrected chi connectivity index (χ0v) is 20.5. The van der Waals surface area contributed by atoms with Gasteiger partial charge in [0.1, 0.15) is 17.5 Å². The van der Waals surface area contributed by atoms with E-state index in [1.165, 1.54) is 4.90 Å². The lowest BCUT2D eigenvalue weighted by atomic mass is 9.73. The van der Waals surface area contributed by atoms with Crippen LogP contribution in [0.15, 0.2) is 29.3 Å². The fourth-order valence-electron chi connectivity index (χ4n) is 6.88. The number of aromatic amines is 1. The summed E-state index contributed by atoms with van der Waals surface area (Å²) in [5.74, 6) is 0.836. The fourth-order valence-corrected chi connectivity index (χ4v) is 6.88. The summed E-state index contributed by atoms with van der Waals surface area (Å²) < 4.78 is 46.3. The van der Waals surface area contributed by atoms with Crippen LogP contribution in [0.2, 0.25) is 0 Å². The summed E-state index contributed by atoms with van der Waals surface area (Å²) in [6.07, 6.45) is 1.08. The Morgan fingerprint density at radius 1 is 1.24 bits per heavy atom. The standard InChI is InChI=1S/C25H26F3N7O3/c26-25(27,28)21-18(10-31-32-22(21)37)33-6-1-2-17(33)11-38-7-5-20(36)35-15-23-12-24(35,13-23)14-34(23)19-4-3-16(8-29)9-30-19/h3-4,9-10,17H,1-2,5-7,11-15H2,(H,32,37)/t17-,23?,24?/m0/s1. The minimum atomic E-state index is -4.80. The van der Waals surface area contributed by atoms with E-state index >= 15 is 0 Å². The van der Waals surface area contributed by atoms with Crippen LogP contribution in [0.1, 0.15) is 43.2 Å². The zero-order valence-electron chi connectivity index (χ0n) is 20.5. The SMILES string of the molecule is N#Cc1ccc(N2CC34CC2(CN3C(=O)CCOC[C@@H]2CCCN2c2cn[nH]c(=O)c2C(F)(F)F)C4)nc1. The molecule has 8 rings (SSSR count). The van der Waals surface area contributed by atoms with Gasteiger partial charge in [0.15, 0.2) is 0 Å². The molecule has 0 aromatic carbocycles. The number of hydrogen-bond acceptors (Lipinski definition) is 8. The molecule has 2 bridgehead atoms. The van der Waals surface area contributed by atoms with Crippen LogP contribution in [0.25, 0.3) is 0 Å². The lowest BCUT2D eigenvalue weighted by molar-refractivity contribution is -0.138. The summed E-state index contributed by atoms with van der Waals surface area (Å²) in [6, 6.07) is 5.34. The van der Waals surface area contributed by atoms with Crippen molar-refractivity contribution in [2.24, 2.45) is 0 Å². The quantitative estimate of drug-likeness (QED) is 0.542. The average Bonchev–Trinajstić information content (AvgIpc) is 3.66. The molecule has 1 atom stereocenters. The number of nitriles is 1. The predicted octanol–water partition coefficient (Wildman–Crippen LogP) is 2.06. The van der Waals surface area contributed by atoms with E-state index in [2.05, 4.69) is 21.1 Å². The first kappa shape index (κ1) is 24.7. The van der Waals surface area contributed by atoms with Crippen LogP contribution in [0.4, 0.5) is 24.7 Å². The first-order valence-electron chi connectivity index (χ1n) is 12.6. The first-order valence-corrected chi connectivity index (χ1v) is 12.6. The maximum absolute atomic E-state index is 13.5. The zero-order chi connectivity index (χ0) is 26.7. The van der Waals surface area contributed by atoms with Crippen LogP contribution in [-0.4, -0.2) is 76.0 Å². The normalized spacial score (nSPS) is 27.5. The Bertz CT molecular complexity index is 1350. The largest absolute Gasteiger partial charge is 0.423 e. The molecule has 6 fully saturated rings. The summed E-state index contributed by atoms with van der Waals surface area (Å²) in [4.78, 5) is 35.1. The molecule has 2 aromatic rings. The Morgan fingerprint density at radius 2 is 2.05 bits per heavy atom. The van der Waals surface area contributed by atoms with E-state index in [4.69, 9.17) is 10.00 Å². The molecule has 2 aromatic heterocycles. The molecule has 5 aliphatic heterocycles. The van der Waals surface area contributed by atoms with Crippen LogP contribution in [0.3, 0.4) is 0 Å². The number of fused-ring (bicyclic) bond motifs is 2. The lowest BCUT2D eigenvalue weighted by Gasteiger charge is -2.37. The number of aromatic nitrogens is 3. The van der Waals surface area contributed by atoms with Crippen LogP contribution >= 0.6 is 0 Å². The number of carbonyl (C=O) groups is 1. The van der Waals surface area contributed by atoms with Crippen molar-refractivity contribution < 1.29 is 22.7 Å². The number of hydrogen-bond donors (Lipinski definition) is 1. The van der Waals surface area contributed by atoms with Crippen molar-refractivity contribution in [2.45, 2.75) is 55.4 Å². The highest BCUT2D eigenvalue weighted by Gasteiger charge is 2.75. The van der Waals surface area contributed by atoms with Gasteiger partial charge in [-0.2, -0.15) is 23.5 Å². The van der Waals surface area contributed by atoms with E-state index in [0.29, 0.717) is 38.0 Å². The van der Waals surface area contributed by atoms with Gasteiger partial charge in [0.2, 0.25) is 5.91 Å². The summed E-state index contributed by atoms with van der Waals surface area (Å²) >= 11 is 0. The second-order valence-electron chi connectivity index (χ2n) is 10.7. The van der Waals surface area contributed by atoms with Gasteiger partial charge in [-0.05, 0) is 37.8 Å². The minimum Gasteiger partial charge on any atom is -0.379 e. The van der Waals surface area contributed by atoms with Crippen molar-refractivity contribution in [2.75, 3.05) is 42.6 Å². The molecule has 13 heteroatoms. The van der Waals surface area contributed by atoms with Gasteiger partial charge in [0.25, 0.3) is 5.56 Å². The monoisotopic (exact) mass is 529 g/mol. The maximum Gasteiger partial charge on any atom is 0.423 e. The van der Waals surface area contributed by atoms with Gasteiger partial charge in [-0.15, -0.1) is 0 Å². The molecule has 0 unspecified atom stereocenters. The summed E-state index contributed by atoms with van der Waals surface area (Å²) in [7, 11) is 0. The minimum absolute atomic E-state index is 0.0123. The number of anilines is 2. The fraction of sp³-hybridized carbons (Fsp3) is 0.560. The van der Waals surface area contributed by atoms with Gasteiger partial charge in [0.05, 0.1) is 54.2 Å². The molecule has 5 saturated heterocycles. The summed E-state index contributed by atoms with van der Waals surface area (Å²) in [5, 5.41) is 14.4. The van der Waals surface area contributed by atoms with Gasteiger partial charge in [-0.1, -0.05) is 0 Å². The highest BCUT2D eigenvalue weighted by atomic mass is 19.4. The highest BCUT2D eigenvalue weighted by Crippen LogP contribution is 2.63. The smallest absolute Gasteiger partial charge is 0.379 e. The molecule has 7 heterocycles. The van der Waals surface area contributed by atoms with Gasteiger partial charge >= 0.3 is 6.18 Å². The topological polar surface area (TPSA) is 118 Å². The molecule has 1 saturated carbocycles. The molecule has 1 amide bonds. The predicted molar refractivity (Wildman–Crippen MR) is 128 cm³/mol. The first-order chi connectivity index (χ1) is 18.2. The van der Waals surface area contributed by atoms with Gasteiger partial charge in [0, 0.05) is 25.8 Å². The van der Waals surface area contributed by atoms with Crippen molar-refractivity contribution in [1.82, 2.24) is 20.1 Å².